The van der Waals surface area contributed by atoms with E-state index in [4.69, 9.17) is 28.0 Å². The molecule has 3 amide bonds. The second kappa shape index (κ2) is 11.7. The number of carbonyl (C=O) groups is 3. The Labute approximate surface area is 222 Å². The number of pyridine rings is 1. The summed E-state index contributed by atoms with van der Waals surface area (Å²) in [5.41, 5.74) is 1.22. The number of nitrogens with zero attached hydrogens (tertiary/aromatic N) is 2. The summed E-state index contributed by atoms with van der Waals surface area (Å²) in [6, 6.07) is 9.31. The fourth-order valence-corrected chi connectivity index (χ4v) is 5.54. The molecule has 0 radical (unpaired) electrons. The molecular formula is C25H24Cl2N4O4S. The minimum absolute atomic E-state index is 0.200. The van der Waals surface area contributed by atoms with Crippen molar-refractivity contribution in [2.75, 3.05) is 10.6 Å². The molecule has 3 aromatic rings. The number of halogens is 2. The third-order valence-corrected chi connectivity index (χ3v) is 7.40. The van der Waals surface area contributed by atoms with E-state index in [9.17, 15) is 14.4 Å². The van der Waals surface area contributed by atoms with Gasteiger partial charge in [-0.25, -0.2) is 4.79 Å². The molecule has 0 spiro atoms. The maximum absolute atomic E-state index is 13.7. The van der Waals surface area contributed by atoms with Crippen LogP contribution in [0.4, 0.5) is 15.5 Å². The van der Waals surface area contributed by atoms with Gasteiger partial charge in [0.15, 0.2) is 0 Å². The van der Waals surface area contributed by atoms with Crippen LogP contribution in [-0.2, 0) is 9.63 Å². The number of amides is 3. The van der Waals surface area contributed by atoms with Gasteiger partial charge in [-0.1, -0.05) is 54.6 Å². The second-order valence-corrected chi connectivity index (χ2v) is 10.1. The van der Waals surface area contributed by atoms with Crippen molar-refractivity contribution in [2.45, 2.75) is 45.1 Å². The van der Waals surface area contributed by atoms with Crippen LogP contribution in [0.3, 0.4) is 0 Å². The molecule has 4 rings (SSSR count). The number of hydroxylamine groups is 2. The molecule has 0 atom stereocenters. The summed E-state index contributed by atoms with van der Waals surface area (Å²) in [5, 5.41) is 7.36. The van der Waals surface area contributed by atoms with Crippen molar-refractivity contribution in [3.8, 4) is 10.4 Å². The molecule has 1 saturated carbocycles. The van der Waals surface area contributed by atoms with E-state index in [1.54, 1.807) is 42.7 Å². The van der Waals surface area contributed by atoms with Crippen LogP contribution in [0.25, 0.3) is 10.4 Å². The molecule has 0 unspecified atom stereocenters. The number of urea groups is 1. The van der Waals surface area contributed by atoms with Gasteiger partial charge >= 0.3 is 12.0 Å². The first kappa shape index (κ1) is 25.9. The Morgan fingerprint density at radius 3 is 2.42 bits per heavy atom. The number of aromatic nitrogens is 1. The first-order valence-electron chi connectivity index (χ1n) is 11.4. The van der Waals surface area contributed by atoms with Gasteiger partial charge in [-0.15, -0.1) is 11.3 Å². The van der Waals surface area contributed by atoms with Crippen LogP contribution >= 0.6 is 34.5 Å². The SMILES string of the molecule is CC(=O)ON(C(=O)c1cc(-c2cccnc2)sc1NC(=O)Nc1c(Cl)cccc1Cl)C1CCCCC1. The molecule has 36 heavy (non-hydrogen) atoms. The highest BCUT2D eigenvalue weighted by atomic mass is 35.5. The Hall–Kier alpha value is -3.14. The van der Waals surface area contributed by atoms with Gasteiger partial charge < -0.3 is 10.2 Å². The standard InChI is InChI=1S/C25H24Cl2N4O4S/c1-15(32)35-31(17-8-3-2-4-9-17)24(33)18-13-21(16-7-6-12-28-14-16)36-23(18)30-25(34)29-22-19(26)10-5-11-20(22)27/h5-7,10-14,17H,2-4,8-9H2,1H3,(H2,29,30,34). The van der Waals surface area contributed by atoms with Crippen molar-refractivity contribution in [1.29, 1.82) is 0 Å². The molecule has 0 bridgehead atoms. The van der Waals surface area contributed by atoms with E-state index >= 15 is 0 Å². The van der Waals surface area contributed by atoms with Gasteiger partial charge in [-0.2, -0.15) is 5.06 Å². The average Bonchev–Trinajstić information content (AvgIpc) is 3.29. The highest BCUT2D eigenvalue weighted by Crippen LogP contribution is 2.37. The molecular weight excluding hydrogens is 523 g/mol. The van der Waals surface area contributed by atoms with Crippen LogP contribution in [-0.4, -0.2) is 34.0 Å². The van der Waals surface area contributed by atoms with E-state index in [-0.39, 0.29) is 32.3 Å². The summed E-state index contributed by atoms with van der Waals surface area (Å²) >= 11 is 13.6. The topological polar surface area (TPSA) is 101 Å². The van der Waals surface area contributed by atoms with Crippen LogP contribution in [0, 0.1) is 0 Å². The molecule has 2 N–H and O–H groups in total. The minimum Gasteiger partial charge on any atom is -0.338 e. The third-order valence-electron chi connectivity index (χ3n) is 5.67. The average molecular weight is 547 g/mol. The normalized spacial score (nSPS) is 13.6. The Morgan fingerprint density at radius 1 is 1.06 bits per heavy atom. The number of nitrogens with one attached hydrogen (secondary N) is 2. The number of anilines is 2. The molecule has 0 saturated heterocycles. The lowest BCUT2D eigenvalue weighted by Gasteiger charge is -2.32. The van der Waals surface area contributed by atoms with Crippen molar-refractivity contribution in [3.05, 3.63) is 64.4 Å². The van der Waals surface area contributed by atoms with Gasteiger partial charge in [0.2, 0.25) is 0 Å². The summed E-state index contributed by atoms with van der Waals surface area (Å²) in [4.78, 5) is 48.7. The van der Waals surface area contributed by atoms with E-state index in [1.807, 2.05) is 6.07 Å². The number of carbonyl (C=O) groups excluding carboxylic acids is 3. The zero-order valence-electron chi connectivity index (χ0n) is 19.4. The number of hydrogen-bond donors (Lipinski definition) is 2. The summed E-state index contributed by atoms with van der Waals surface area (Å²) in [6.45, 7) is 1.26. The van der Waals surface area contributed by atoms with Crippen LogP contribution in [0.1, 0.15) is 49.4 Å². The Bertz CT molecular complexity index is 1240. The third kappa shape index (κ3) is 6.16. The first-order chi connectivity index (χ1) is 17.3. The molecule has 1 aliphatic carbocycles. The van der Waals surface area contributed by atoms with E-state index in [2.05, 4.69) is 15.6 Å². The molecule has 0 aliphatic heterocycles. The molecule has 2 aromatic heterocycles. The number of thiophene rings is 1. The van der Waals surface area contributed by atoms with Gasteiger partial charge in [0.05, 0.1) is 27.3 Å². The zero-order valence-corrected chi connectivity index (χ0v) is 21.8. The smallest absolute Gasteiger partial charge is 0.329 e. The van der Waals surface area contributed by atoms with Gasteiger partial charge in [0.25, 0.3) is 5.91 Å². The summed E-state index contributed by atoms with van der Waals surface area (Å²) in [7, 11) is 0. The molecule has 2 heterocycles. The highest BCUT2D eigenvalue weighted by molar-refractivity contribution is 7.20. The molecule has 8 nitrogen and oxygen atoms in total. The number of benzene rings is 1. The second-order valence-electron chi connectivity index (χ2n) is 8.28. The van der Waals surface area contributed by atoms with E-state index in [0.29, 0.717) is 4.88 Å². The van der Waals surface area contributed by atoms with E-state index in [0.717, 1.165) is 42.7 Å². The van der Waals surface area contributed by atoms with Crippen molar-refractivity contribution >= 4 is 63.1 Å². The number of para-hydroxylation sites is 1. The van der Waals surface area contributed by atoms with Crippen LogP contribution in [0.5, 0.6) is 0 Å². The summed E-state index contributed by atoms with van der Waals surface area (Å²) in [5.74, 6) is -1.09. The van der Waals surface area contributed by atoms with Crippen LogP contribution < -0.4 is 10.6 Å². The van der Waals surface area contributed by atoms with Gasteiger partial charge in [0, 0.05) is 29.8 Å². The molecule has 188 valence electrons. The quantitative estimate of drug-likeness (QED) is 0.335. The predicted molar refractivity (Wildman–Crippen MR) is 141 cm³/mol. The zero-order chi connectivity index (χ0) is 25.7. The highest BCUT2D eigenvalue weighted by Gasteiger charge is 2.32. The molecule has 11 heteroatoms. The Morgan fingerprint density at radius 2 is 1.78 bits per heavy atom. The molecule has 1 aliphatic rings. The molecule has 1 fully saturated rings. The van der Waals surface area contributed by atoms with Gasteiger partial charge in [-0.05, 0) is 37.1 Å². The van der Waals surface area contributed by atoms with Gasteiger partial charge in [0.1, 0.15) is 5.00 Å². The van der Waals surface area contributed by atoms with E-state index < -0.39 is 17.9 Å². The monoisotopic (exact) mass is 546 g/mol. The minimum atomic E-state index is -0.629. The van der Waals surface area contributed by atoms with Crippen molar-refractivity contribution < 1.29 is 19.2 Å². The fourth-order valence-electron chi connectivity index (χ4n) is 4.01. The van der Waals surface area contributed by atoms with E-state index in [1.165, 1.54) is 18.3 Å². The number of rotatable bonds is 5. The van der Waals surface area contributed by atoms with Crippen molar-refractivity contribution in [1.82, 2.24) is 10.0 Å². The van der Waals surface area contributed by atoms with Gasteiger partial charge in [-0.3, -0.25) is 19.9 Å². The summed E-state index contributed by atoms with van der Waals surface area (Å²) in [6.07, 6.45) is 7.71. The predicted octanol–water partition coefficient (Wildman–Crippen LogP) is 7.01. The fraction of sp³-hybridized carbons (Fsp3) is 0.280. The lowest BCUT2D eigenvalue weighted by atomic mass is 9.95. The molecule has 1 aromatic carbocycles. The lowest BCUT2D eigenvalue weighted by Crippen LogP contribution is -2.42. The number of hydrogen-bond acceptors (Lipinski definition) is 6. The maximum Gasteiger partial charge on any atom is 0.329 e. The largest absolute Gasteiger partial charge is 0.338 e. The van der Waals surface area contributed by atoms with Crippen LogP contribution in [0.2, 0.25) is 10.0 Å². The Kier molecular flexibility index (Phi) is 8.45. The van der Waals surface area contributed by atoms with Crippen molar-refractivity contribution in [3.63, 3.8) is 0 Å². The summed E-state index contributed by atoms with van der Waals surface area (Å²) < 4.78 is 0. The first-order valence-corrected chi connectivity index (χ1v) is 13.0. The lowest BCUT2D eigenvalue weighted by molar-refractivity contribution is -0.185. The van der Waals surface area contributed by atoms with Crippen LogP contribution in [0.15, 0.2) is 48.8 Å². The van der Waals surface area contributed by atoms with Crippen molar-refractivity contribution in [2.24, 2.45) is 0 Å². The Balaban J connectivity index is 1.67. The maximum atomic E-state index is 13.7.